The predicted molar refractivity (Wildman–Crippen MR) is 76.4 cm³/mol. The molecule has 20 heavy (non-hydrogen) atoms. The van der Waals surface area contributed by atoms with Crippen LogP contribution in [-0.2, 0) is 0 Å². The van der Waals surface area contributed by atoms with Crippen LogP contribution in [0.3, 0.4) is 0 Å². The summed E-state index contributed by atoms with van der Waals surface area (Å²) < 4.78 is 0. The zero-order valence-corrected chi connectivity index (χ0v) is 11.5. The molecule has 0 saturated heterocycles. The molecule has 2 rings (SSSR count). The summed E-state index contributed by atoms with van der Waals surface area (Å²) in [4.78, 5) is 24.7. The maximum atomic E-state index is 12.5. The monoisotopic (exact) mass is 277 g/mol. The van der Waals surface area contributed by atoms with Crippen molar-refractivity contribution in [2.45, 2.75) is 26.2 Å². The normalized spacial score (nSPS) is 14.7. The first-order valence-electron chi connectivity index (χ1n) is 6.86. The van der Waals surface area contributed by atoms with Gasteiger partial charge < -0.3 is 10.6 Å². The molecule has 0 radical (unpaired) electrons. The Morgan fingerprint density at radius 2 is 2.20 bits per heavy atom. The zero-order valence-electron chi connectivity index (χ0n) is 11.5. The third kappa shape index (κ3) is 2.74. The van der Waals surface area contributed by atoms with E-state index in [1.54, 1.807) is 11.0 Å². The predicted octanol–water partition coefficient (Wildman–Crippen LogP) is 2.44. The number of nitrogen functional groups attached to an aromatic ring is 1. The van der Waals surface area contributed by atoms with Gasteiger partial charge in [0.15, 0.2) is 0 Å². The lowest BCUT2D eigenvalue weighted by Crippen LogP contribution is -2.37. The summed E-state index contributed by atoms with van der Waals surface area (Å²) in [5.41, 5.74) is 5.45. The van der Waals surface area contributed by atoms with E-state index in [9.17, 15) is 14.9 Å². The molecule has 0 atom stereocenters. The standard InChI is InChI=1S/C14H19N3O3/c1-2-16(9-10-5-3-6-10)14(18)11-7-4-8-12(15)13(11)17(19)20/h4,7-8,10H,2-3,5-6,9,15H2,1H3. The van der Waals surface area contributed by atoms with Crippen molar-refractivity contribution in [1.29, 1.82) is 0 Å². The van der Waals surface area contributed by atoms with Gasteiger partial charge in [0.2, 0.25) is 0 Å². The van der Waals surface area contributed by atoms with Crippen LogP contribution >= 0.6 is 0 Å². The first-order chi connectivity index (χ1) is 9.54. The Hall–Kier alpha value is -2.11. The first-order valence-corrected chi connectivity index (χ1v) is 6.86. The third-order valence-electron chi connectivity index (χ3n) is 3.85. The molecule has 0 bridgehead atoms. The van der Waals surface area contributed by atoms with Crippen molar-refractivity contribution in [3.8, 4) is 0 Å². The van der Waals surface area contributed by atoms with Crippen LogP contribution in [0.4, 0.5) is 11.4 Å². The average Bonchev–Trinajstić information content (AvgIpc) is 2.36. The molecule has 0 aromatic heterocycles. The Morgan fingerprint density at radius 1 is 1.50 bits per heavy atom. The third-order valence-corrected chi connectivity index (χ3v) is 3.85. The highest BCUT2D eigenvalue weighted by Crippen LogP contribution is 2.30. The van der Waals surface area contributed by atoms with Crippen molar-refractivity contribution >= 4 is 17.3 Å². The van der Waals surface area contributed by atoms with E-state index in [1.807, 2.05) is 6.92 Å². The molecule has 1 saturated carbocycles. The molecule has 6 heteroatoms. The fraction of sp³-hybridized carbons (Fsp3) is 0.500. The van der Waals surface area contributed by atoms with Crippen LogP contribution in [0.25, 0.3) is 0 Å². The van der Waals surface area contributed by atoms with Gasteiger partial charge in [0.1, 0.15) is 11.3 Å². The lowest BCUT2D eigenvalue weighted by molar-refractivity contribution is -0.384. The topological polar surface area (TPSA) is 89.5 Å². The molecule has 1 aromatic rings. The number of amides is 1. The highest BCUT2D eigenvalue weighted by molar-refractivity contribution is 6.00. The quantitative estimate of drug-likeness (QED) is 0.508. The van der Waals surface area contributed by atoms with E-state index in [4.69, 9.17) is 5.73 Å². The number of anilines is 1. The molecule has 0 spiro atoms. The number of nitro groups is 1. The minimum absolute atomic E-state index is 0.0283. The summed E-state index contributed by atoms with van der Waals surface area (Å²) in [6.07, 6.45) is 3.46. The highest BCUT2D eigenvalue weighted by Gasteiger charge is 2.28. The van der Waals surface area contributed by atoms with Crippen LogP contribution in [0.15, 0.2) is 18.2 Å². The second-order valence-electron chi connectivity index (χ2n) is 5.14. The minimum Gasteiger partial charge on any atom is -0.393 e. The SMILES string of the molecule is CCN(CC1CCC1)C(=O)c1cccc(N)c1[N+](=O)[O-]. The van der Waals surface area contributed by atoms with E-state index in [-0.39, 0.29) is 22.8 Å². The fourth-order valence-electron chi connectivity index (χ4n) is 2.45. The molecule has 1 aliphatic carbocycles. The van der Waals surface area contributed by atoms with Crippen molar-refractivity contribution in [1.82, 2.24) is 4.90 Å². The molecular weight excluding hydrogens is 258 g/mol. The van der Waals surface area contributed by atoms with Crippen molar-refractivity contribution < 1.29 is 9.72 Å². The van der Waals surface area contributed by atoms with E-state index >= 15 is 0 Å². The van der Waals surface area contributed by atoms with Crippen molar-refractivity contribution in [3.63, 3.8) is 0 Å². The van der Waals surface area contributed by atoms with E-state index in [2.05, 4.69) is 0 Å². The van der Waals surface area contributed by atoms with Crippen LogP contribution in [0, 0.1) is 16.0 Å². The summed E-state index contributed by atoms with van der Waals surface area (Å²) in [5, 5.41) is 11.1. The number of rotatable bonds is 5. The smallest absolute Gasteiger partial charge is 0.304 e. The summed E-state index contributed by atoms with van der Waals surface area (Å²) >= 11 is 0. The average molecular weight is 277 g/mol. The number of carbonyl (C=O) groups is 1. The minimum atomic E-state index is -0.584. The lowest BCUT2D eigenvalue weighted by Gasteiger charge is -2.31. The highest BCUT2D eigenvalue weighted by atomic mass is 16.6. The van der Waals surface area contributed by atoms with Crippen LogP contribution in [0.1, 0.15) is 36.5 Å². The van der Waals surface area contributed by atoms with E-state index in [0.29, 0.717) is 19.0 Å². The summed E-state index contributed by atoms with van der Waals surface area (Å²) in [5.74, 6) is 0.220. The van der Waals surface area contributed by atoms with E-state index < -0.39 is 4.92 Å². The number of carbonyl (C=O) groups excluding carboxylic acids is 1. The van der Waals surface area contributed by atoms with Gasteiger partial charge in [0.25, 0.3) is 5.91 Å². The zero-order chi connectivity index (χ0) is 14.7. The molecule has 6 nitrogen and oxygen atoms in total. The molecule has 1 aromatic carbocycles. The van der Waals surface area contributed by atoms with Gasteiger partial charge in [0.05, 0.1) is 4.92 Å². The van der Waals surface area contributed by atoms with E-state index in [1.165, 1.54) is 18.6 Å². The fourth-order valence-corrected chi connectivity index (χ4v) is 2.45. The van der Waals surface area contributed by atoms with Crippen LogP contribution in [0.5, 0.6) is 0 Å². The van der Waals surface area contributed by atoms with Crippen molar-refractivity contribution in [2.24, 2.45) is 5.92 Å². The van der Waals surface area contributed by atoms with Crippen molar-refractivity contribution in [2.75, 3.05) is 18.8 Å². The van der Waals surface area contributed by atoms with Gasteiger partial charge in [-0.05, 0) is 37.8 Å². The maximum absolute atomic E-state index is 12.5. The second kappa shape index (κ2) is 5.90. The van der Waals surface area contributed by atoms with Gasteiger partial charge in [-0.25, -0.2) is 0 Å². The summed E-state index contributed by atoms with van der Waals surface area (Å²) in [7, 11) is 0. The molecule has 0 aliphatic heterocycles. The molecule has 1 aliphatic rings. The second-order valence-corrected chi connectivity index (χ2v) is 5.14. The van der Waals surface area contributed by atoms with Gasteiger partial charge in [-0.15, -0.1) is 0 Å². The Morgan fingerprint density at radius 3 is 2.70 bits per heavy atom. The number of nitro benzene ring substituents is 1. The molecule has 2 N–H and O–H groups in total. The van der Waals surface area contributed by atoms with Gasteiger partial charge in [-0.1, -0.05) is 12.5 Å². The first kappa shape index (κ1) is 14.3. The maximum Gasteiger partial charge on any atom is 0.304 e. The van der Waals surface area contributed by atoms with Gasteiger partial charge in [0, 0.05) is 13.1 Å². The number of nitrogens with two attached hydrogens (primary N) is 1. The Balaban J connectivity index is 2.26. The van der Waals surface area contributed by atoms with Gasteiger partial charge >= 0.3 is 5.69 Å². The van der Waals surface area contributed by atoms with Gasteiger partial charge in [-0.2, -0.15) is 0 Å². The van der Waals surface area contributed by atoms with Crippen LogP contribution < -0.4 is 5.73 Å². The summed E-state index contributed by atoms with van der Waals surface area (Å²) in [6, 6.07) is 4.49. The molecule has 1 fully saturated rings. The van der Waals surface area contributed by atoms with Crippen molar-refractivity contribution in [3.05, 3.63) is 33.9 Å². The molecular formula is C14H19N3O3. The Bertz CT molecular complexity index is 526. The van der Waals surface area contributed by atoms with E-state index in [0.717, 1.165) is 12.8 Å². The Kier molecular flexibility index (Phi) is 4.22. The van der Waals surface area contributed by atoms with Crippen LogP contribution in [0.2, 0.25) is 0 Å². The number of hydrogen-bond donors (Lipinski definition) is 1. The number of nitrogens with zero attached hydrogens (tertiary/aromatic N) is 2. The number of para-hydroxylation sites is 1. The molecule has 0 heterocycles. The van der Waals surface area contributed by atoms with Gasteiger partial charge in [-0.3, -0.25) is 14.9 Å². The lowest BCUT2D eigenvalue weighted by atomic mass is 9.85. The number of hydrogen-bond acceptors (Lipinski definition) is 4. The molecule has 1 amide bonds. The summed E-state index contributed by atoms with van der Waals surface area (Å²) in [6.45, 7) is 3.09. The number of benzene rings is 1. The molecule has 108 valence electrons. The Labute approximate surface area is 117 Å². The van der Waals surface area contributed by atoms with Crippen LogP contribution in [-0.4, -0.2) is 28.8 Å². The molecule has 0 unspecified atom stereocenters. The largest absolute Gasteiger partial charge is 0.393 e.